The van der Waals surface area contributed by atoms with Gasteiger partial charge in [-0.15, -0.1) is 0 Å². The van der Waals surface area contributed by atoms with Crippen molar-refractivity contribution < 1.29 is 80.2 Å². The van der Waals surface area contributed by atoms with Gasteiger partial charge < -0.3 is 33.8 Å². The fourth-order valence-electron chi connectivity index (χ4n) is 13.4. The van der Waals surface area contributed by atoms with E-state index in [1.165, 1.54) is 289 Å². The third kappa shape index (κ3) is 78.5. The van der Waals surface area contributed by atoms with E-state index in [0.717, 1.165) is 95.8 Å². The van der Waals surface area contributed by atoms with Crippen molar-refractivity contribution in [2.24, 2.45) is 5.92 Å². The lowest BCUT2D eigenvalue weighted by atomic mass is 9.99. The number of unbranched alkanes of at least 4 members (excludes halogenated alkanes) is 57. The highest BCUT2D eigenvalue weighted by Gasteiger charge is 2.30. The van der Waals surface area contributed by atoms with Gasteiger partial charge in [0.2, 0.25) is 0 Å². The van der Waals surface area contributed by atoms with Crippen molar-refractivity contribution in [3.63, 3.8) is 0 Å². The van der Waals surface area contributed by atoms with Crippen molar-refractivity contribution in [3.8, 4) is 0 Å². The Morgan fingerprint density at radius 3 is 0.676 bits per heavy atom. The quantitative estimate of drug-likeness (QED) is 0.0222. The zero-order valence-electron chi connectivity index (χ0n) is 68.9. The summed E-state index contributed by atoms with van der Waals surface area (Å²) in [6.07, 6.45) is 72.3. The molecule has 0 aromatic heterocycles. The molecule has 0 aliphatic heterocycles. The summed E-state index contributed by atoms with van der Waals surface area (Å²) >= 11 is 0. The number of hydrogen-bond donors (Lipinski definition) is 3. The topological polar surface area (TPSA) is 237 Å². The Balaban J connectivity index is 5.19. The number of hydrogen-bond acceptors (Lipinski definition) is 15. The minimum absolute atomic E-state index is 0.108. The van der Waals surface area contributed by atoms with Gasteiger partial charge in [-0.05, 0) is 31.6 Å². The van der Waals surface area contributed by atoms with Crippen molar-refractivity contribution in [1.29, 1.82) is 0 Å². The average Bonchev–Trinajstić information content (AvgIpc) is 0.919. The molecule has 19 heteroatoms. The van der Waals surface area contributed by atoms with Gasteiger partial charge in [0, 0.05) is 25.7 Å². The molecule has 0 aliphatic carbocycles. The van der Waals surface area contributed by atoms with E-state index in [-0.39, 0.29) is 25.7 Å². The molecular weight excluding hydrogens is 1370 g/mol. The molecule has 105 heavy (non-hydrogen) atoms. The molecule has 0 radical (unpaired) electrons. The molecule has 0 bridgehead atoms. The van der Waals surface area contributed by atoms with E-state index in [0.29, 0.717) is 25.7 Å². The second-order valence-corrected chi connectivity index (χ2v) is 34.1. The first-order chi connectivity index (χ1) is 51.1. The van der Waals surface area contributed by atoms with Gasteiger partial charge in [0.1, 0.15) is 19.3 Å². The summed E-state index contributed by atoms with van der Waals surface area (Å²) in [6.45, 7) is 7.41. The van der Waals surface area contributed by atoms with Crippen LogP contribution in [0.2, 0.25) is 0 Å². The molecule has 0 aromatic carbocycles. The van der Waals surface area contributed by atoms with Crippen molar-refractivity contribution >= 4 is 39.5 Å². The predicted octanol–water partition coefficient (Wildman–Crippen LogP) is 26.4. The molecule has 0 rings (SSSR count). The lowest BCUT2D eigenvalue weighted by molar-refractivity contribution is -0.161. The average molecular weight is 1540 g/mol. The van der Waals surface area contributed by atoms with Crippen LogP contribution in [0, 0.1) is 5.92 Å². The number of phosphoric acid groups is 2. The van der Waals surface area contributed by atoms with E-state index >= 15 is 0 Å². The van der Waals surface area contributed by atoms with Gasteiger partial charge in [-0.25, -0.2) is 9.13 Å². The van der Waals surface area contributed by atoms with Gasteiger partial charge in [0.15, 0.2) is 12.2 Å². The van der Waals surface area contributed by atoms with Gasteiger partial charge in [0.25, 0.3) is 0 Å². The minimum Gasteiger partial charge on any atom is -0.462 e. The molecule has 0 heterocycles. The predicted molar refractivity (Wildman–Crippen MR) is 432 cm³/mol. The molecule has 0 aliphatic rings. The molecule has 3 unspecified atom stereocenters. The van der Waals surface area contributed by atoms with Crippen LogP contribution in [-0.2, 0) is 65.4 Å². The van der Waals surface area contributed by atoms with Crippen LogP contribution in [0.1, 0.15) is 465 Å². The lowest BCUT2D eigenvalue weighted by Crippen LogP contribution is -2.30. The number of rotatable bonds is 86. The van der Waals surface area contributed by atoms with E-state index in [2.05, 4.69) is 34.6 Å². The summed E-state index contributed by atoms with van der Waals surface area (Å²) in [7, 11) is -9.92. The van der Waals surface area contributed by atoms with Gasteiger partial charge in [-0.1, -0.05) is 413 Å². The molecule has 0 fully saturated rings. The standard InChI is InChI=1S/C86H168O17P2/c1-6-10-13-16-19-22-25-27-28-29-30-31-32-36-39-42-46-50-55-60-65-70-84(89)97-76-82(103-86(91)72-67-62-57-52-47-43-40-37-34-33-35-38-41-44-48-53-58-63-68-79(5)9-4)78-101-105(94,95)99-74-80(87)73-98-104(92,93)100-77-81(75-96-83(88)69-64-59-54-49-24-21-18-15-12-8-3)102-85(90)71-66-61-56-51-45-26-23-20-17-14-11-7-2/h79-82,87H,6-78H2,1-5H3,(H,92,93)(H,94,95)/t79?,80-,81+,82+/m0/s1. The van der Waals surface area contributed by atoms with E-state index in [4.69, 9.17) is 37.0 Å². The summed E-state index contributed by atoms with van der Waals surface area (Å²) in [4.78, 5) is 73.1. The van der Waals surface area contributed by atoms with Gasteiger partial charge in [0.05, 0.1) is 26.4 Å². The fourth-order valence-corrected chi connectivity index (χ4v) is 15.0. The van der Waals surface area contributed by atoms with Crippen LogP contribution in [0.4, 0.5) is 0 Å². The number of carbonyl (C=O) groups is 4. The number of aliphatic hydroxyl groups excluding tert-OH is 1. The van der Waals surface area contributed by atoms with Crippen molar-refractivity contribution in [2.75, 3.05) is 39.6 Å². The number of aliphatic hydroxyl groups is 1. The van der Waals surface area contributed by atoms with Gasteiger partial charge in [-0.2, -0.15) is 0 Å². The smallest absolute Gasteiger partial charge is 0.462 e. The first-order valence-electron chi connectivity index (χ1n) is 44.7. The second-order valence-electron chi connectivity index (χ2n) is 31.2. The Hall–Kier alpha value is -1.94. The van der Waals surface area contributed by atoms with Crippen LogP contribution in [0.25, 0.3) is 0 Å². The SMILES string of the molecule is CCCCCCCCCCCCCCCCCCCCCCCC(=O)OC[C@H](COP(=O)(O)OC[C@@H](O)COP(=O)(O)OC[C@@H](COC(=O)CCCCCCCCCCCC)OC(=O)CCCCCCCCCCCCCC)OC(=O)CCCCCCCCCCCCCCCCCCCCC(C)CC. The highest BCUT2D eigenvalue weighted by Crippen LogP contribution is 2.45. The maximum absolute atomic E-state index is 13.1. The zero-order valence-corrected chi connectivity index (χ0v) is 70.7. The summed E-state index contributed by atoms with van der Waals surface area (Å²) in [6, 6.07) is 0. The molecule has 0 saturated heterocycles. The maximum Gasteiger partial charge on any atom is 0.472 e. The molecule has 0 saturated carbocycles. The first kappa shape index (κ1) is 103. The van der Waals surface area contributed by atoms with Crippen LogP contribution >= 0.6 is 15.6 Å². The Bertz CT molecular complexity index is 2000. The highest BCUT2D eigenvalue weighted by molar-refractivity contribution is 7.47. The fraction of sp³-hybridized carbons (Fsp3) is 0.953. The maximum atomic E-state index is 13.1. The largest absolute Gasteiger partial charge is 0.472 e. The summed E-state index contributed by atoms with van der Waals surface area (Å²) in [5.41, 5.74) is 0. The molecule has 0 spiro atoms. The van der Waals surface area contributed by atoms with E-state index in [1.807, 2.05) is 0 Å². The van der Waals surface area contributed by atoms with Crippen molar-refractivity contribution in [2.45, 2.75) is 483 Å². The first-order valence-corrected chi connectivity index (χ1v) is 47.7. The highest BCUT2D eigenvalue weighted by atomic mass is 31.2. The monoisotopic (exact) mass is 1540 g/mol. The summed E-state index contributed by atoms with van der Waals surface area (Å²) in [5.74, 6) is -1.23. The number of carbonyl (C=O) groups excluding carboxylic acids is 4. The van der Waals surface area contributed by atoms with Crippen LogP contribution < -0.4 is 0 Å². The Morgan fingerprint density at radius 1 is 0.267 bits per heavy atom. The summed E-state index contributed by atoms with van der Waals surface area (Å²) < 4.78 is 68.8. The molecule has 17 nitrogen and oxygen atoms in total. The number of phosphoric ester groups is 2. The molecular formula is C86H168O17P2. The third-order valence-electron chi connectivity index (χ3n) is 20.6. The molecule has 3 N–H and O–H groups in total. The third-order valence-corrected chi connectivity index (χ3v) is 22.5. The zero-order chi connectivity index (χ0) is 76.9. The molecule has 6 atom stereocenters. The van der Waals surface area contributed by atoms with Crippen LogP contribution in [0.3, 0.4) is 0 Å². The van der Waals surface area contributed by atoms with Crippen molar-refractivity contribution in [1.82, 2.24) is 0 Å². The molecule has 0 aromatic rings. The second kappa shape index (κ2) is 78.7. The Labute approximate surface area is 645 Å². The van der Waals surface area contributed by atoms with Crippen LogP contribution in [-0.4, -0.2) is 96.7 Å². The Kier molecular flexibility index (Phi) is 77.3. The minimum atomic E-state index is -4.96. The summed E-state index contributed by atoms with van der Waals surface area (Å²) in [5, 5.41) is 10.7. The molecule has 624 valence electrons. The Morgan fingerprint density at radius 2 is 0.457 bits per heavy atom. The van der Waals surface area contributed by atoms with Gasteiger partial charge >= 0.3 is 39.5 Å². The number of ether oxygens (including phenoxy) is 4. The normalized spacial score (nSPS) is 14.0. The van der Waals surface area contributed by atoms with Crippen molar-refractivity contribution in [3.05, 3.63) is 0 Å². The van der Waals surface area contributed by atoms with E-state index in [9.17, 15) is 43.2 Å². The van der Waals surface area contributed by atoms with E-state index < -0.39 is 97.5 Å². The van der Waals surface area contributed by atoms with E-state index in [1.54, 1.807) is 0 Å². The van der Waals surface area contributed by atoms with Gasteiger partial charge in [-0.3, -0.25) is 37.3 Å². The molecule has 0 amide bonds. The van der Waals surface area contributed by atoms with Crippen LogP contribution in [0.5, 0.6) is 0 Å². The van der Waals surface area contributed by atoms with Crippen LogP contribution in [0.15, 0.2) is 0 Å². The lowest BCUT2D eigenvalue weighted by Gasteiger charge is -2.21. The number of esters is 4.